The standard InChI is InChI=1S/C19H26O3/c1-15(13-22-14-16-9-5-3-6-10-16)17(18(20)21)19(2)11-7-4-8-12-19/h3,5-7,9-11,15,17H,4,8,12-14H2,1-2H3,(H,20,21)/t15-,17+,19-/m1/s1. The third kappa shape index (κ3) is 4.20. The molecule has 22 heavy (non-hydrogen) atoms. The fourth-order valence-corrected chi connectivity index (χ4v) is 3.50. The number of ether oxygens (including phenoxy) is 1. The summed E-state index contributed by atoms with van der Waals surface area (Å²) in [6, 6.07) is 9.98. The molecule has 3 heteroatoms. The van der Waals surface area contributed by atoms with Crippen LogP contribution in [0.25, 0.3) is 0 Å². The lowest BCUT2D eigenvalue weighted by Crippen LogP contribution is -2.39. The monoisotopic (exact) mass is 302 g/mol. The van der Waals surface area contributed by atoms with Crippen LogP contribution in [-0.2, 0) is 16.1 Å². The Morgan fingerprint density at radius 1 is 1.36 bits per heavy atom. The fraction of sp³-hybridized carbons (Fsp3) is 0.526. The minimum Gasteiger partial charge on any atom is -0.481 e. The van der Waals surface area contributed by atoms with Crippen LogP contribution in [0, 0.1) is 17.3 Å². The van der Waals surface area contributed by atoms with Gasteiger partial charge in [0.2, 0.25) is 0 Å². The second kappa shape index (κ2) is 7.59. The number of rotatable bonds is 7. The number of hydrogen-bond acceptors (Lipinski definition) is 2. The lowest BCUT2D eigenvalue weighted by molar-refractivity contribution is -0.149. The Morgan fingerprint density at radius 2 is 2.09 bits per heavy atom. The van der Waals surface area contributed by atoms with Crippen molar-refractivity contribution in [3.63, 3.8) is 0 Å². The molecule has 0 amide bonds. The smallest absolute Gasteiger partial charge is 0.307 e. The molecule has 0 aliphatic heterocycles. The summed E-state index contributed by atoms with van der Waals surface area (Å²) < 4.78 is 5.76. The first-order valence-corrected chi connectivity index (χ1v) is 8.05. The molecule has 0 fully saturated rings. The van der Waals surface area contributed by atoms with Crippen molar-refractivity contribution in [3.05, 3.63) is 48.0 Å². The van der Waals surface area contributed by atoms with E-state index in [0.29, 0.717) is 13.2 Å². The zero-order valence-corrected chi connectivity index (χ0v) is 13.5. The van der Waals surface area contributed by atoms with Gasteiger partial charge in [0.05, 0.1) is 19.1 Å². The first-order chi connectivity index (χ1) is 10.5. The molecule has 1 N–H and O–H groups in total. The zero-order chi connectivity index (χ0) is 16.0. The SMILES string of the molecule is C[C@H](COCc1ccccc1)[C@@H](C(=O)O)[C@]1(C)C=CCCC1. The molecule has 1 aliphatic carbocycles. The van der Waals surface area contributed by atoms with E-state index in [4.69, 9.17) is 4.74 Å². The second-order valence-corrected chi connectivity index (χ2v) is 6.59. The molecule has 1 aromatic carbocycles. The van der Waals surface area contributed by atoms with Gasteiger partial charge in [-0.3, -0.25) is 4.79 Å². The van der Waals surface area contributed by atoms with Crippen molar-refractivity contribution in [1.29, 1.82) is 0 Å². The van der Waals surface area contributed by atoms with Crippen molar-refractivity contribution in [1.82, 2.24) is 0 Å². The van der Waals surface area contributed by atoms with Crippen molar-refractivity contribution in [2.45, 2.75) is 39.7 Å². The average Bonchev–Trinajstić information content (AvgIpc) is 2.48. The Morgan fingerprint density at radius 3 is 2.68 bits per heavy atom. The summed E-state index contributed by atoms with van der Waals surface area (Å²) in [4.78, 5) is 11.8. The van der Waals surface area contributed by atoms with Crippen LogP contribution in [0.3, 0.4) is 0 Å². The molecular formula is C19H26O3. The molecule has 0 unspecified atom stereocenters. The van der Waals surface area contributed by atoms with E-state index in [-0.39, 0.29) is 11.3 Å². The highest BCUT2D eigenvalue weighted by Gasteiger charge is 2.41. The fourth-order valence-electron chi connectivity index (χ4n) is 3.50. The maximum atomic E-state index is 11.8. The Balaban J connectivity index is 1.95. The van der Waals surface area contributed by atoms with Gasteiger partial charge in [0, 0.05) is 0 Å². The van der Waals surface area contributed by atoms with Gasteiger partial charge >= 0.3 is 5.97 Å². The minimum atomic E-state index is -0.718. The number of allylic oxidation sites excluding steroid dienone is 2. The summed E-state index contributed by atoms with van der Waals surface area (Å²) in [6.45, 7) is 5.05. The molecule has 0 saturated carbocycles. The quantitative estimate of drug-likeness (QED) is 0.764. The molecular weight excluding hydrogens is 276 g/mol. The van der Waals surface area contributed by atoms with Gasteiger partial charge in [0.1, 0.15) is 0 Å². The number of aliphatic carboxylic acids is 1. The zero-order valence-electron chi connectivity index (χ0n) is 13.5. The van der Waals surface area contributed by atoms with E-state index in [0.717, 1.165) is 24.8 Å². The van der Waals surface area contributed by atoms with Crippen molar-refractivity contribution in [3.8, 4) is 0 Å². The third-order valence-electron chi connectivity index (χ3n) is 4.62. The van der Waals surface area contributed by atoms with Crippen LogP contribution in [0.4, 0.5) is 0 Å². The second-order valence-electron chi connectivity index (χ2n) is 6.59. The topological polar surface area (TPSA) is 46.5 Å². The summed E-state index contributed by atoms with van der Waals surface area (Å²) in [5.41, 5.74) is 0.852. The molecule has 0 spiro atoms. The maximum Gasteiger partial charge on any atom is 0.307 e. The Bertz CT molecular complexity index is 509. The molecule has 1 aromatic rings. The number of carboxylic acids is 1. The highest BCUT2D eigenvalue weighted by molar-refractivity contribution is 5.72. The van der Waals surface area contributed by atoms with Crippen LogP contribution in [0.2, 0.25) is 0 Å². The first-order valence-electron chi connectivity index (χ1n) is 8.05. The van der Waals surface area contributed by atoms with Gasteiger partial charge in [-0.05, 0) is 36.2 Å². The predicted molar refractivity (Wildman–Crippen MR) is 87.5 cm³/mol. The molecule has 2 rings (SSSR count). The van der Waals surface area contributed by atoms with E-state index in [2.05, 4.69) is 19.1 Å². The summed E-state index contributed by atoms with van der Waals surface area (Å²) in [7, 11) is 0. The van der Waals surface area contributed by atoms with E-state index < -0.39 is 11.9 Å². The van der Waals surface area contributed by atoms with E-state index in [1.807, 2.05) is 37.3 Å². The van der Waals surface area contributed by atoms with Crippen LogP contribution >= 0.6 is 0 Å². The van der Waals surface area contributed by atoms with Crippen molar-refractivity contribution in [2.24, 2.45) is 17.3 Å². The van der Waals surface area contributed by atoms with Gasteiger partial charge < -0.3 is 9.84 Å². The largest absolute Gasteiger partial charge is 0.481 e. The van der Waals surface area contributed by atoms with E-state index in [1.165, 1.54) is 0 Å². The molecule has 0 aromatic heterocycles. The molecule has 0 bridgehead atoms. The van der Waals surface area contributed by atoms with Crippen LogP contribution < -0.4 is 0 Å². The summed E-state index contributed by atoms with van der Waals surface area (Å²) >= 11 is 0. The molecule has 3 atom stereocenters. The predicted octanol–water partition coefficient (Wildman–Crippen LogP) is 4.29. The van der Waals surface area contributed by atoms with Gasteiger partial charge in [-0.2, -0.15) is 0 Å². The van der Waals surface area contributed by atoms with E-state index in [1.54, 1.807) is 0 Å². The molecule has 3 nitrogen and oxygen atoms in total. The lowest BCUT2D eigenvalue weighted by Gasteiger charge is -2.38. The van der Waals surface area contributed by atoms with Crippen LogP contribution in [0.1, 0.15) is 38.7 Å². The van der Waals surface area contributed by atoms with Gasteiger partial charge in [-0.25, -0.2) is 0 Å². The number of carbonyl (C=O) groups is 1. The number of carboxylic acid groups (broad SMARTS) is 1. The van der Waals surface area contributed by atoms with Crippen molar-refractivity contribution in [2.75, 3.05) is 6.61 Å². The average molecular weight is 302 g/mol. The Kier molecular flexibility index (Phi) is 5.78. The Hall–Kier alpha value is -1.61. The summed E-state index contributed by atoms with van der Waals surface area (Å²) in [5, 5.41) is 9.69. The molecule has 0 saturated heterocycles. The van der Waals surface area contributed by atoms with E-state index in [9.17, 15) is 9.90 Å². The van der Waals surface area contributed by atoms with Crippen LogP contribution in [0.15, 0.2) is 42.5 Å². The van der Waals surface area contributed by atoms with Gasteiger partial charge in [-0.15, -0.1) is 0 Å². The van der Waals surface area contributed by atoms with Crippen LogP contribution in [-0.4, -0.2) is 17.7 Å². The van der Waals surface area contributed by atoms with Gasteiger partial charge in [0.15, 0.2) is 0 Å². The van der Waals surface area contributed by atoms with Gasteiger partial charge in [-0.1, -0.05) is 56.3 Å². The first kappa shape index (κ1) is 16.8. The molecule has 1 aliphatic rings. The summed E-state index contributed by atoms with van der Waals surface area (Å²) in [5.74, 6) is -1.14. The van der Waals surface area contributed by atoms with Gasteiger partial charge in [0.25, 0.3) is 0 Å². The van der Waals surface area contributed by atoms with Crippen LogP contribution in [0.5, 0.6) is 0 Å². The van der Waals surface area contributed by atoms with Crippen molar-refractivity contribution < 1.29 is 14.6 Å². The molecule has 0 heterocycles. The Labute approximate surface area is 133 Å². The lowest BCUT2D eigenvalue weighted by atomic mass is 9.66. The minimum absolute atomic E-state index is 0.0195. The highest BCUT2D eigenvalue weighted by Crippen LogP contribution is 2.42. The summed E-state index contributed by atoms with van der Waals surface area (Å²) in [6.07, 6.45) is 7.28. The third-order valence-corrected chi connectivity index (χ3v) is 4.62. The maximum absolute atomic E-state index is 11.8. The molecule has 120 valence electrons. The number of benzene rings is 1. The normalized spacial score (nSPS) is 23.9. The van der Waals surface area contributed by atoms with E-state index >= 15 is 0 Å². The number of hydrogen-bond donors (Lipinski definition) is 1. The van der Waals surface area contributed by atoms with Crippen molar-refractivity contribution >= 4 is 5.97 Å². The molecule has 0 radical (unpaired) electrons. The highest BCUT2D eigenvalue weighted by atomic mass is 16.5.